The van der Waals surface area contributed by atoms with E-state index in [0.717, 1.165) is 11.1 Å². The van der Waals surface area contributed by atoms with E-state index in [1.54, 1.807) is 44.6 Å². The van der Waals surface area contributed by atoms with Crippen molar-refractivity contribution in [2.45, 2.75) is 19.8 Å². The number of phosphoric ester groups is 1. The molecule has 2 aromatic carbocycles. The predicted octanol–water partition coefficient (Wildman–Crippen LogP) is 2.83. The molecule has 2 aromatic heterocycles. The summed E-state index contributed by atoms with van der Waals surface area (Å²) in [6, 6.07) is 18.4. The van der Waals surface area contributed by atoms with Crippen LogP contribution >= 0.6 is 7.82 Å². The fraction of sp³-hybridized carbons (Fsp3) is 0.200. The molecule has 0 aliphatic carbocycles. The van der Waals surface area contributed by atoms with Gasteiger partial charge in [0.15, 0.2) is 24.0 Å². The zero-order chi connectivity index (χ0) is 26.4. The molecule has 0 aliphatic rings. The molecule has 0 saturated carbocycles. The summed E-state index contributed by atoms with van der Waals surface area (Å²) in [4.78, 5) is 19.7. The zero-order valence-electron chi connectivity index (χ0n) is 20.2. The molecule has 4 rings (SSSR count). The largest absolute Gasteiger partial charge is 0.756 e. The molecule has 2 heterocycles. The Balaban J connectivity index is 1.38. The third-order valence-corrected chi connectivity index (χ3v) is 5.91. The standard InChI is InChI=1S/C25H26N3O8P/c1-32-22-10-9-20(14-24(22)33-2)34-15-18-7-5-17(6-8-18)12-19-13-23(36-27-19)21-4-3-11-28(25(21)26)16-35-37(29,30)31/h3-11,13-14,26H,12,15-16H2,1-2H3,(H2,29,30,31). The van der Waals surface area contributed by atoms with Crippen LogP contribution in [0.4, 0.5) is 5.82 Å². The quantitative estimate of drug-likeness (QED) is 0.220. The number of nitrogens with two attached hydrogens (primary N) is 1. The Morgan fingerprint density at radius 2 is 1.78 bits per heavy atom. The second-order valence-electron chi connectivity index (χ2n) is 7.98. The average Bonchev–Trinajstić information content (AvgIpc) is 3.35. The van der Waals surface area contributed by atoms with Crippen molar-refractivity contribution in [2.24, 2.45) is 0 Å². The molecule has 11 nitrogen and oxygen atoms in total. The van der Waals surface area contributed by atoms with Gasteiger partial charge in [-0.25, -0.2) is 4.57 Å². The summed E-state index contributed by atoms with van der Waals surface area (Å²) in [7, 11) is -1.73. The molecule has 3 N–H and O–H groups in total. The van der Waals surface area contributed by atoms with Gasteiger partial charge in [-0.05, 0) is 35.4 Å². The van der Waals surface area contributed by atoms with Crippen LogP contribution in [0.1, 0.15) is 16.8 Å². The maximum Gasteiger partial charge on any atom is 0.285 e. The molecular formula is C25H26N3O8P. The highest BCUT2D eigenvalue weighted by Crippen LogP contribution is 2.32. The van der Waals surface area contributed by atoms with Crippen LogP contribution in [-0.2, 0) is 28.8 Å². The van der Waals surface area contributed by atoms with Crippen LogP contribution < -0.4 is 29.4 Å². The molecule has 0 spiro atoms. The molecule has 0 amide bonds. The van der Waals surface area contributed by atoms with Gasteiger partial charge in [-0.2, -0.15) is 0 Å². The zero-order valence-corrected chi connectivity index (χ0v) is 21.1. The maximum atomic E-state index is 10.9. The van der Waals surface area contributed by atoms with Crippen LogP contribution in [0.15, 0.2) is 71.4 Å². The molecule has 1 unspecified atom stereocenters. The number of anilines is 1. The van der Waals surface area contributed by atoms with Gasteiger partial charge in [-0.15, -0.1) is 0 Å². The van der Waals surface area contributed by atoms with E-state index in [-0.39, 0.29) is 5.82 Å². The van der Waals surface area contributed by atoms with Gasteiger partial charge in [0.05, 0.1) is 26.1 Å². The Morgan fingerprint density at radius 3 is 2.49 bits per heavy atom. The number of aromatic nitrogens is 2. The fourth-order valence-corrected chi connectivity index (χ4v) is 3.85. The summed E-state index contributed by atoms with van der Waals surface area (Å²) in [6.45, 7) is -0.0844. The lowest BCUT2D eigenvalue weighted by atomic mass is 10.1. The van der Waals surface area contributed by atoms with Crippen molar-refractivity contribution in [3.05, 3.63) is 83.7 Å². The number of nitrogen functional groups attached to an aromatic ring is 1. The van der Waals surface area contributed by atoms with Crippen LogP contribution in [0.2, 0.25) is 0 Å². The fourth-order valence-electron chi connectivity index (χ4n) is 3.58. The normalized spacial score (nSPS) is 12.6. The Kier molecular flexibility index (Phi) is 8.10. The lowest BCUT2D eigenvalue weighted by Gasteiger charge is -2.14. The third kappa shape index (κ3) is 6.87. The summed E-state index contributed by atoms with van der Waals surface area (Å²) in [5.74, 6) is 2.51. The Morgan fingerprint density at radius 1 is 1.05 bits per heavy atom. The maximum absolute atomic E-state index is 10.9. The predicted molar refractivity (Wildman–Crippen MR) is 131 cm³/mol. The SMILES string of the molecule is COc1ccc(OCc2ccc(Cc3cc(-c4ccc[n+](COP(=O)([O-])O)c4N)on3)cc2)cc1OC. The second-order valence-corrected chi connectivity index (χ2v) is 9.18. The smallest absolute Gasteiger partial charge is 0.285 e. The molecule has 0 saturated heterocycles. The van der Waals surface area contributed by atoms with Gasteiger partial charge >= 0.3 is 0 Å². The number of rotatable bonds is 11. The summed E-state index contributed by atoms with van der Waals surface area (Å²) < 4.78 is 38.5. The summed E-state index contributed by atoms with van der Waals surface area (Å²) in [5, 5.41) is 4.12. The van der Waals surface area contributed by atoms with Crippen molar-refractivity contribution in [2.75, 3.05) is 20.0 Å². The van der Waals surface area contributed by atoms with E-state index in [1.165, 1.54) is 10.8 Å². The van der Waals surface area contributed by atoms with Crippen LogP contribution in [0.5, 0.6) is 17.2 Å². The molecule has 1 atom stereocenters. The van der Waals surface area contributed by atoms with Gasteiger partial charge in [0.2, 0.25) is 0 Å². The minimum absolute atomic E-state index is 0.192. The van der Waals surface area contributed by atoms with Gasteiger partial charge in [0.1, 0.15) is 17.9 Å². The molecule has 12 heteroatoms. The lowest BCUT2D eigenvalue weighted by molar-refractivity contribution is -0.712. The first-order chi connectivity index (χ1) is 17.8. The number of nitrogens with zero attached hydrogens (tertiary/aromatic N) is 2. The number of hydrogen-bond acceptors (Lipinski definition) is 9. The van der Waals surface area contributed by atoms with E-state index in [9.17, 15) is 9.46 Å². The first kappa shape index (κ1) is 26.2. The number of benzene rings is 2. The second kappa shape index (κ2) is 11.4. The highest BCUT2D eigenvalue weighted by atomic mass is 31.2. The van der Waals surface area contributed by atoms with Gasteiger partial charge in [-0.3, -0.25) is 14.8 Å². The first-order valence-corrected chi connectivity index (χ1v) is 12.6. The summed E-state index contributed by atoms with van der Waals surface area (Å²) in [6.07, 6.45) is 2.04. The first-order valence-electron chi connectivity index (χ1n) is 11.1. The number of phosphoric acid groups is 1. The van der Waals surface area contributed by atoms with Gasteiger partial charge in [0.25, 0.3) is 13.6 Å². The van der Waals surface area contributed by atoms with Gasteiger partial charge < -0.3 is 28.5 Å². The molecule has 194 valence electrons. The van der Waals surface area contributed by atoms with Crippen molar-refractivity contribution in [1.82, 2.24) is 5.16 Å². The molecule has 0 bridgehead atoms. The van der Waals surface area contributed by atoms with E-state index in [0.29, 0.717) is 47.3 Å². The van der Waals surface area contributed by atoms with Crippen LogP contribution in [-0.4, -0.2) is 24.3 Å². The minimum atomic E-state index is -4.88. The van der Waals surface area contributed by atoms with E-state index in [1.807, 2.05) is 30.3 Å². The number of hydrogen-bond donors (Lipinski definition) is 2. The molecule has 0 radical (unpaired) electrons. The van der Waals surface area contributed by atoms with Crippen LogP contribution in [0.3, 0.4) is 0 Å². The van der Waals surface area contributed by atoms with E-state index in [4.69, 9.17) is 29.4 Å². The van der Waals surface area contributed by atoms with Gasteiger partial charge in [0, 0.05) is 18.6 Å². The molecule has 0 aliphatic heterocycles. The van der Waals surface area contributed by atoms with E-state index < -0.39 is 14.6 Å². The monoisotopic (exact) mass is 527 g/mol. The minimum Gasteiger partial charge on any atom is -0.756 e. The van der Waals surface area contributed by atoms with Gasteiger partial charge in [-0.1, -0.05) is 29.4 Å². The van der Waals surface area contributed by atoms with Crippen molar-refractivity contribution < 1.29 is 42.2 Å². The highest BCUT2D eigenvalue weighted by Gasteiger charge is 2.18. The lowest BCUT2D eigenvalue weighted by Crippen LogP contribution is -2.38. The molecule has 4 aromatic rings. The number of ether oxygens (including phenoxy) is 3. The molecule has 37 heavy (non-hydrogen) atoms. The molecular weight excluding hydrogens is 501 g/mol. The Hall–Kier alpha value is -3.89. The third-order valence-electron chi connectivity index (χ3n) is 5.47. The average molecular weight is 527 g/mol. The Labute approximate surface area is 213 Å². The summed E-state index contributed by atoms with van der Waals surface area (Å²) in [5.41, 5.74) is 9.33. The Bertz CT molecular complexity index is 1400. The van der Waals surface area contributed by atoms with Crippen LogP contribution in [0.25, 0.3) is 11.3 Å². The number of methoxy groups -OCH3 is 2. The summed E-state index contributed by atoms with van der Waals surface area (Å²) >= 11 is 0. The highest BCUT2D eigenvalue weighted by molar-refractivity contribution is 7.44. The topological polar surface area (TPSA) is 153 Å². The number of pyridine rings is 1. The van der Waals surface area contributed by atoms with Crippen LogP contribution in [0, 0.1) is 0 Å². The van der Waals surface area contributed by atoms with Crippen molar-refractivity contribution in [3.8, 4) is 28.6 Å². The molecule has 0 fully saturated rings. The van der Waals surface area contributed by atoms with Crippen molar-refractivity contribution in [3.63, 3.8) is 0 Å². The van der Waals surface area contributed by atoms with Crippen molar-refractivity contribution in [1.29, 1.82) is 0 Å². The van der Waals surface area contributed by atoms with E-state index in [2.05, 4.69) is 9.68 Å². The van der Waals surface area contributed by atoms with E-state index >= 15 is 0 Å². The van der Waals surface area contributed by atoms with Crippen molar-refractivity contribution >= 4 is 13.6 Å².